The van der Waals surface area contributed by atoms with Gasteiger partial charge in [0.05, 0.1) is 19.8 Å². The average molecular weight is 292 g/mol. The predicted molar refractivity (Wildman–Crippen MR) is 68.5 cm³/mol. The molecule has 0 spiro atoms. The Balaban J connectivity index is 2.80. The lowest BCUT2D eigenvalue weighted by molar-refractivity contribution is -0.169. The largest absolute Gasteiger partial charge is 0.465 e. The van der Waals surface area contributed by atoms with E-state index in [1.54, 1.807) is 6.92 Å². The zero-order valence-corrected chi connectivity index (χ0v) is 12.1. The Morgan fingerprint density at radius 3 is 2.68 bits per heavy atom. The molecule has 0 aromatic carbocycles. The molecule has 7 heteroatoms. The van der Waals surface area contributed by atoms with Crippen molar-refractivity contribution in [3.8, 4) is 0 Å². The molecule has 0 radical (unpaired) electrons. The van der Waals surface area contributed by atoms with Crippen molar-refractivity contribution < 1.29 is 27.5 Å². The Bertz CT molecular complexity index is 441. The lowest BCUT2D eigenvalue weighted by Crippen LogP contribution is -2.48. The summed E-state index contributed by atoms with van der Waals surface area (Å²) in [5, 5.41) is 0. The lowest BCUT2D eigenvalue weighted by atomic mass is 9.77. The Morgan fingerprint density at radius 2 is 2.16 bits per heavy atom. The van der Waals surface area contributed by atoms with Crippen LogP contribution in [0.1, 0.15) is 26.2 Å². The number of ketones is 1. The SMILES string of the molecule is CCOC(=O)C1(CCCS(C)(=O)=O)COCCC1=O. The number of hydrogen-bond donors (Lipinski definition) is 0. The van der Waals surface area contributed by atoms with Crippen LogP contribution in [0, 0.1) is 5.41 Å². The molecule has 0 bridgehead atoms. The van der Waals surface area contributed by atoms with Gasteiger partial charge in [0.1, 0.15) is 15.3 Å². The third-order valence-corrected chi connectivity index (χ3v) is 4.17. The number of esters is 1. The minimum absolute atomic E-state index is 0.0194. The van der Waals surface area contributed by atoms with Crippen molar-refractivity contribution in [2.45, 2.75) is 26.2 Å². The van der Waals surface area contributed by atoms with Crippen LogP contribution in [-0.4, -0.2) is 52.0 Å². The van der Waals surface area contributed by atoms with E-state index in [-0.39, 0.29) is 44.0 Å². The van der Waals surface area contributed by atoms with E-state index in [9.17, 15) is 18.0 Å². The number of sulfone groups is 1. The van der Waals surface area contributed by atoms with Gasteiger partial charge in [-0.25, -0.2) is 8.42 Å². The Hall–Kier alpha value is -0.950. The molecule has 1 aliphatic heterocycles. The van der Waals surface area contributed by atoms with Crippen LogP contribution in [0.2, 0.25) is 0 Å². The summed E-state index contributed by atoms with van der Waals surface area (Å²) < 4.78 is 32.4. The van der Waals surface area contributed by atoms with Crippen molar-refractivity contribution in [1.82, 2.24) is 0 Å². The van der Waals surface area contributed by atoms with E-state index in [0.717, 1.165) is 6.26 Å². The van der Waals surface area contributed by atoms with Crippen LogP contribution in [0.4, 0.5) is 0 Å². The molecule has 0 aromatic rings. The van der Waals surface area contributed by atoms with E-state index in [2.05, 4.69) is 0 Å². The highest BCUT2D eigenvalue weighted by atomic mass is 32.2. The second kappa shape index (κ2) is 6.47. The third-order valence-electron chi connectivity index (χ3n) is 3.14. The molecule has 1 unspecified atom stereocenters. The van der Waals surface area contributed by atoms with Gasteiger partial charge in [-0.15, -0.1) is 0 Å². The van der Waals surface area contributed by atoms with Crippen LogP contribution < -0.4 is 0 Å². The Labute approximate surface area is 113 Å². The predicted octanol–water partition coefficient (Wildman–Crippen LogP) is 0.350. The van der Waals surface area contributed by atoms with Crippen LogP contribution in [0.5, 0.6) is 0 Å². The highest BCUT2D eigenvalue weighted by molar-refractivity contribution is 7.90. The fourth-order valence-corrected chi connectivity index (χ4v) is 2.79. The number of ether oxygens (including phenoxy) is 2. The fourth-order valence-electron chi connectivity index (χ4n) is 2.12. The van der Waals surface area contributed by atoms with Gasteiger partial charge < -0.3 is 9.47 Å². The maximum Gasteiger partial charge on any atom is 0.322 e. The smallest absolute Gasteiger partial charge is 0.322 e. The Morgan fingerprint density at radius 1 is 1.47 bits per heavy atom. The molecule has 1 heterocycles. The van der Waals surface area contributed by atoms with Crippen molar-refractivity contribution in [2.24, 2.45) is 5.41 Å². The zero-order chi connectivity index (χ0) is 14.5. The van der Waals surface area contributed by atoms with E-state index in [1.165, 1.54) is 0 Å². The van der Waals surface area contributed by atoms with Gasteiger partial charge in [0.15, 0.2) is 5.78 Å². The van der Waals surface area contributed by atoms with Crippen molar-refractivity contribution in [3.05, 3.63) is 0 Å². The number of carbonyl (C=O) groups is 2. The van der Waals surface area contributed by atoms with Gasteiger partial charge in [-0.05, 0) is 19.8 Å². The molecule has 6 nitrogen and oxygen atoms in total. The van der Waals surface area contributed by atoms with Crippen molar-refractivity contribution >= 4 is 21.6 Å². The summed E-state index contributed by atoms with van der Waals surface area (Å²) in [4.78, 5) is 24.1. The first-order valence-electron chi connectivity index (χ1n) is 6.28. The molecule has 110 valence electrons. The van der Waals surface area contributed by atoms with Crippen molar-refractivity contribution in [2.75, 3.05) is 31.8 Å². The Kier molecular flexibility index (Phi) is 5.49. The monoisotopic (exact) mass is 292 g/mol. The lowest BCUT2D eigenvalue weighted by Gasteiger charge is -2.33. The van der Waals surface area contributed by atoms with E-state index < -0.39 is 21.2 Å². The number of Topliss-reactive ketones (excluding diaryl/α,β-unsaturated/α-hetero) is 1. The highest BCUT2D eigenvalue weighted by Gasteiger charge is 2.48. The quantitative estimate of drug-likeness (QED) is 0.518. The van der Waals surface area contributed by atoms with Crippen LogP contribution in [0.25, 0.3) is 0 Å². The van der Waals surface area contributed by atoms with Gasteiger partial charge >= 0.3 is 5.97 Å². The molecule has 19 heavy (non-hydrogen) atoms. The molecule has 0 N–H and O–H groups in total. The van der Waals surface area contributed by atoms with Crippen LogP contribution in [0.15, 0.2) is 0 Å². The molecular weight excluding hydrogens is 272 g/mol. The van der Waals surface area contributed by atoms with Crippen molar-refractivity contribution in [3.63, 3.8) is 0 Å². The molecular formula is C12H20O6S. The topological polar surface area (TPSA) is 86.7 Å². The minimum atomic E-state index is -3.11. The standard InChI is InChI=1S/C12H20O6S/c1-3-18-11(14)12(6-4-8-19(2,15)16)9-17-7-5-10(12)13/h3-9H2,1-2H3. The highest BCUT2D eigenvalue weighted by Crippen LogP contribution is 2.32. The zero-order valence-electron chi connectivity index (χ0n) is 11.3. The van der Waals surface area contributed by atoms with Gasteiger partial charge in [-0.2, -0.15) is 0 Å². The first-order valence-corrected chi connectivity index (χ1v) is 8.34. The van der Waals surface area contributed by atoms with Crippen molar-refractivity contribution in [1.29, 1.82) is 0 Å². The van der Waals surface area contributed by atoms with Crippen LogP contribution >= 0.6 is 0 Å². The van der Waals surface area contributed by atoms with E-state index in [1.807, 2.05) is 0 Å². The summed E-state index contributed by atoms with van der Waals surface area (Å²) in [6.45, 7) is 2.12. The first kappa shape index (κ1) is 16.1. The second-order valence-electron chi connectivity index (χ2n) is 4.76. The van der Waals surface area contributed by atoms with Gasteiger partial charge in [0, 0.05) is 18.4 Å². The summed E-state index contributed by atoms with van der Waals surface area (Å²) in [6.07, 6.45) is 1.69. The summed E-state index contributed by atoms with van der Waals surface area (Å²) in [7, 11) is -3.11. The number of carbonyl (C=O) groups excluding carboxylic acids is 2. The molecule has 0 amide bonds. The molecule has 0 aliphatic carbocycles. The van der Waals surface area contributed by atoms with E-state index >= 15 is 0 Å². The third kappa shape index (κ3) is 4.28. The normalized spacial score (nSPS) is 24.2. The minimum Gasteiger partial charge on any atom is -0.465 e. The molecule has 1 atom stereocenters. The second-order valence-corrected chi connectivity index (χ2v) is 7.02. The molecule has 1 saturated heterocycles. The van der Waals surface area contributed by atoms with E-state index in [4.69, 9.17) is 9.47 Å². The molecule has 1 rings (SSSR count). The maximum atomic E-state index is 12.1. The summed E-state index contributed by atoms with van der Waals surface area (Å²) >= 11 is 0. The average Bonchev–Trinajstić information content (AvgIpc) is 2.30. The summed E-state index contributed by atoms with van der Waals surface area (Å²) in [5.41, 5.74) is -1.32. The first-order chi connectivity index (χ1) is 8.82. The number of rotatable bonds is 6. The van der Waals surface area contributed by atoms with Crippen LogP contribution in [0.3, 0.4) is 0 Å². The van der Waals surface area contributed by atoms with E-state index in [0.29, 0.717) is 6.61 Å². The van der Waals surface area contributed by atoms with Gasteiger partial charge in [-0.3, -0.25) is 9.59 Å². The molecule has 1 fully saturated rings. The van der Waals surface area contributed by atoms with Gasteiger partial charge in [0.25, 0.3) is 0 Å². The molecule has 0 aromatic heterocycles. The number of hydrogen-bond acceptors (Lipinski definition) is 6. The maximum absolute atomic E-state index is 12.1. The summed E-state index contributed by atoms with van der Waals surface area (Å²) in [6, 6.07) is 0. The molecule has 0 saturated carbocycles. The van der Waals surface area contributed by atoms with Crippen LogP contribution in [-0.2, 0) is 28.9 Å². The molecule has 1 aliphatic rings. The van der Waals surface area contributed by atoms with Gasteiger partial charge in [-0.1, -0.05) is 0 Å². The van der Waals surface area contributed by atoms with Gasteiger partial charge in [0.2, 0.25) is 0 Å². The fraction of sp³-hybridized carbons (Fsp3) is 0.833. The summed E-state index contributed by atoms with van der Waals surface area (Å²) in [5.74, 6) is -0.875.